The van der Waals surface area contributed by atoms with Gasteiger partial charge in [-0.15, -0.1) is 0 Å². The van der Waals surface area contributed by atoms with Gasteiger partial charge in [0, 0.05) is 27.3 Å². The number of hydrogen-bond donors (Lipinski definition) is 2. The SMILES string of the molecule is COCCCNC(=O)C(C)N(C)c1ccccc1N. The van der Waals surface area contributed by atoms with E-state index in [1.54, 1.807) is 7.11 Å². The number of nitrogens with one attached hydrogen (secondary N) is 1. The molecular weight excluding hydrogens is 242 g/mol. The third kappa shape index (κ3) is 4.44. The molecule has 106 valence electrons. The summed E-state index contributed by atoms with van der Waals surface area (Å²) in [5, 5.41) is 2.89. The standard InChI is InChI=1S/C14H23N3O2/c1-11(14(18)16-9-6-10-19-3)17(2)13-8-5-4-7-12(13)15/h4-5,7-8,11H,6,9-10,15H2,1-3H3,(H,16,18). The van der Waals surface area contributed by atoms with Crippen molar-refractivity contribution >= 4 is 17.3 Å². The molecule has 1 aromatic carbocycles. The van der Waals surface area contributed by atoms with Crippen molar-refractivity contribution in [2.45, 2.75) is 19.4 Å². The first-order valence-corrected chi connectivity index (χ1v) is 6.42. The minimum Gasteiger partial charge on any atom is -0.397 e. The lowest BCUT2D eigenvalue weighted by molar-refractivity contribution is -0.122. The van der Waals surface area contributed by atoms with E-state index in [0.29, 0.717) is 18.8 Å². The Morgan fingerprint density at radius 3 is 2.79 bits per heavy atom. The van der Waals surface area contributed by atoms with Gasteiger partial charge < -0.3 is 20.7 Å². The zero-order chi connectivity index (χ0) is 14.3. The van der Waals surface area contributed by atoms with E-state index in [1.165, 1.54) is 0 Å². The number of hydrogen-bond acceptors (Lipinski definition) is 4. The zero-order valence-electron chi connectivity index (χ0n) is 11.8. The monoisotopic (exact) mass is 265 g/mol. The lowest BCUT2D eigenvalue weighted by Gasteiger charge is -2.27. The summed E-state index contributed by atoms with van der Waals surface area (Å²) in [7, 11) is 3.52. The van der Waals surface area contributed by atoms with Gasteiger partial charge in [-0.05, 0) is 25.5 Å². The third-order valence-electron chi connectivity index (χ3n) is 3.10. The molecular formula is C14H23N3O2. The van der Waals surface area contributed by atoms with Crippen molar-refractivity contribution in [3.63, 3.8) is 0 Å². The van der Waals surface area contributed by atoms with E-state index in [2.05, 4.69) is 5.32 Å². The van der Waals surface area contributed by atoms with Crippen LogP contribution in [-0.2, 0) is 9.53 Å². The van der Waals surface area contributed by atoms with Crippen LogP contribution in [0.1, 0.15) is 13.3 Å². The van der Waals surface area contributed by atoms with Crippen LogP contribution in [0.15, 0.2) is 24.3 Å². The summed E-state index contributed by atoms with van der Waals surface area (Å²) >= 11 is 0. The molecule has 0 radical (unpaired) electrons. The minimum absolute atomic E-state index is 0.0122. The lowest BCUT2D eigenvalue weighted by atomic mass is 10.2. The van der Waals surface area contributed by atoms with Gasteiger partial charge >= 0.3 is 0 Å². The van der Waals surface area contributed by atoms with Gasteiger partial charge in [0.2, 0.25) is 5.91 Å². The summed E-state index contributed by atoms with van der Waals surface area (Å²) in [5.41, 5.74) is 7.44. The van der Waals surface area contributed by atoms with Gasteiger partial charge in [-0.3, -0.25) is 4.79 Å². The molecule has 0 saturated heterocycles. The molecule has 5 nitrogen and oxygen atoms in total. The van der Waals surface area contributed by atoms with Crippen LogP contribution in [0, 0.1) is 0 Å². The second-order valence-corrected chi connectivity index (χ2v) is 4.48. The van der Waals surface area contributed by atoms with Crippen molar-refractivity contribution < 1.29 is 9.53 Å². The molecule has 1 aromatic rings. The average Bonchev–Trinajstić information content (AvgIpc) is 2.42. The van der Waals surface area contributed by atoms with Crippen LogP contribution in [0.5, 0.6) is 0 Å². The molecule has 0 spiro atoms. The summed E-state index contributed by atoms with van der Waals surface area (Å²) < 4.78 is 4.94. The van der Waals surface area contributed by atoms with Gasteiger partial charge in [-0.1, -0.05) is 12.1 Å². The molecule has 1 rings (SSSR count). The second-order valence-electron chi connectivity index (χ2n) is 4.48. The van der Waals surface area contributed by atoms with Crippen LogP contribution in [0.3, 0.4) is 0 Å². The Hall–Kier alpha value is -1.75. The van der Waals surface area contributed by atoms with Crippen LogP contribution in [-0.4, -0.2) is 39.3 Å². The number of amides is 1. The van der Waals surface area contributed by atoms with E-state index in [1.807, 2.05) is 43.1 Å². The van der Waals surface area contributed by atoms with Crippen molar-refractivity contribution in [2.24, 2.45) is 0 Å². The van der Waals surface area contributed by atoms with Crippen molar-refractivity contribution in [3.05, 3.63) is 24.3 Å². The summed E-state index contributed by atoms with van der Waals surface area (Å²) in [6.07, 6.45) is 0.812. The van der Waals surface area contributed by atoms with E-state index < -0.39 is 0 Å². The predicted octanol–water partition coefficient (Wildman–Crippen LogP) is 1.25. The Balaban J connectivity index is 2.54. The van der Waals surface area contributed by atoms with Crippen LogP contribution in [0.25, 0.3) is 0 Å². The summed E-state index contributed by atoms with van der Waals surface area (Å²) in [6.45, 7) is 3.13. The quantitative estimate of drug-likeness (QED) is 0.575. The molecule has 0 aliphatic rings. The van der Waals surface area contributed by atoms with E-state index in [4.69, 9.17) is 10.5 Å². The Morgan fingerprint density at radius 2 is 2.16 bits per heavy atom. The fourth-order valence-electron chi connectivity index (χ4n) is 1.77. The summed E-state index contributed by atoms with van der Waals surface area (Å²) in [6, 6.07) is 7.25. The van der Waals surface area contributed by atoms with Gasteiger partial charge in [-0.25, -0.2) is 0 Å². The highest BCUT2D eigenvalue weighted by Crippen LogP contribution is 2.22. The summed E-state index contributed by atoms with van der Waals surface area (Å²) in [5.74, 6) is -0.0122. The highest BCUT2D eigenvalue weighted by atomic mass is 16.5. The molecule has 0 bridgehead atoms. The number of methoxy groups -OCH3 is 1. The number of carbonyl (C=O) groups is 1. The fraction of sp³-hybridized carbons (Fsp3) is 0.500. The maximum absolute atomic E-state index is 12.0. The molecule has 1 amide bonds. The number of likely N-dealkylation sites (N-methyl/N-ethyl adjacent to an activating group) is 1. The largest absolute Gasteiger partial charge is 0.397 e. The molecule has 0 heterocycles. The van der Waals surface area contributed by atoms with E-state index in [9.17, 15) is 4.79 Å². The number of ether oxygens (including phenoxy) is 1. The lowest BCUT2D eigenvalue weighted by Crippen LogP contribution is -2.44. The third-order valence-corrected chi connectivity index (χ3v) is 3.10. The van der Waals surface area contributed by atoms with Crippen LogP contribution >= 0.6 is 0 Å². The predicted molar refractivity (Wildman–Crippen MR) is 78.2 cm³/mol. The molecule has 0 aromatic heterocycles. The Labute approximate surface area is 114 Å². The normalized spacial score (nSPS) is 11.9. The van der Waals surface area contributed by atoms with Crippen molar-refractivity contribution in [2.75, 3.05) is 37.9 Å². The van der Waals surface area contributed by atoms with Crippen molar-refractivity contribution in [3.8, 4) is 0 Å². The average molecular weight is 265 g/mol. The van der Waals surface area contributed by atoms with Gasteiger partial charge in [0.05, 0.1) is 11.4 Å². The van der Waals surface area contributed by atoms with Crippen LogP contribution < -0.4 is 16.0 Å². The van der Waals surface area contributed by atoms with Crippen LogP contribution in [0.2, 0.25) is 0 Å². The topological polar surface area (TPSA) is 67.6 Å². The highest BCUT2D eigenvalue weighted by molar-refractivity contribution is 5.86. The molecule has 0 fully saturated rings. The maximum atomic E-state index is 12.0. The Bertz CT molecular complexity index is 409. The van der Waals surface area contributed by atoms with E-state index in [0.717, 1.165) is 12.1 Å². The van der Waals surface area contributed by atoms with Crippen molar-refractivity contribution in [1.29, 1.82) is 0 Å². The molecule has 5 heteroatoms. The Morgan fingerprint density at radius 1 is 1.47 bits per heavy atom. The first-order valence-electron chi connectivity index (χ1n) is 6.42. The molecule has 1 unspecified atom stereocenters. The Kier molecular flexibility index (Phi) is 6.15. The van der Waals surface area contributed by atoms with Crippen LogP contribution in [0.4, 0.5) is 11.4 Å². The zero-order valence-corrected chi connectivity index (χ0v) is 11.8. The maximum Gasteiger partial charge on any atom is 0.242 e. The minimum atomic E-state index is -0.271. The number of rotatable bonds is 7. The molecule has 0 aliphatic carbocycles. The number of para-hydroxylation sites is 2. The first kappa shape index (κ1) is 15.3. The molecule has 1 atom stereocenters. The first-order chi connectivity index (χ1) is 9.07. The molecule has 0 saturated carbocycles. The fourth-order valence-corrected chi connectivity index (χ4v) is 1.77. The number of carbonyl (C=O) groups excluding carboxylic acids is 1. The van der Waals surface area contributed by atoms with Gasteiger partial charge in [0.15, 0.2) is 0 Å². The summed E-state index contributed by atoms with van der Waals surface area (Å²) in [4.78, 5) is 13.9. The number of nitrogens with zero attached hydrogens (tertiary/aromatic N) is 1. The highest BCUT2D eigenvalue weighted by Gasteiger charge is 2.19. The smallest absolute Gasteiger partial charge is 0.242 e. The molecule has 19 heavy (non-hydrogen) atoms. The number of nitrogens with two attached hydrogens (primary N) is 1. The van der Waals surface area contributed by atoms with Gasteiger partial charge in [0.25, 0.3) is 0 Å². The number of benzene rings is 1. The van der Waals surface area contributed by atoms with Gasteiger partial charge in [-0.2, -0.15) is 0 Å². The molecule has 3 N–H and O–H groups in total. The van der Waals surface area contributed by atoms with Crippen molar-refractivity contribution in [1.82, 2.24) is 5.32 Å². The van der Waals surface area contributed by atoms with E-state index in [-0.39, 0.29) is 11.9 Å². The number of nitrogen functional groups attached to an aromatic ring is 1. The van der Waals surface area contributed by atoms with Gasteiger partial charge in [0.1, 0.15) is 6.04 Å². The number of anilines is 2. The molecule has 0 aliphatic heterocycles. The van der Waals surface area contributed by atoms with E-state index >= 15 is 0 Å². The second kappa shape index (κ2) is 7.63.